The Kier molecular flexibility index (Phi) is 12.7. The second kappa shape index (κ2) is 15.2. The first-order chi connectivity index (χ1) is 17.0. The second-order valence-electron chi connectivity index (χ2n) is 8.96. The van der Waals surface area contributed by atoms with Crippen LogP contribution in [0, 0.1) is 25.0 Å². The molecule has 3 heteroatoms. The molecule has 2 aliphatic rings. The molecule has 0 amide bonds. The van der Waals surface area contributed by atoms with Gasteiger partial charge >= 0.3 is 70.3 Å². The summed E-state index contributed by atoms with van der Waals surface area (Å²) < 4.78 is 2.19. The van der Waals surface area contributed by atoms with Gasteiger partial charge in [0.2, 0.25) is 0 Å². The zero-order valence-electron chi connectivity index (χ0n) is 21.4. The zero-order valence-corrected chi connectivity index (χ0v) is 25.4. The van der Waals surface area contributed by atoms with Crippen LogP contribution in [0.5, 0.6) is 0 Å². The van der Waals surface area contributed by atoms with E-state index in [0.29, 0.717) is 5.92 Å². The van der Waals surface area contributed by atoms with Crippen molar-refractivity contribution in [2.45, 2.75) is 27.2 Å². The summed E-state index contributed by atoms with van der Waals surface area (Å²) in [6.07, 6.45) is 6.71. The monoisotopic (exact) mass is 598 g/mol. The van der Waals surface area contributed by atoms with Crippen LogP contribution in [0.15, 0.2) is 109 Å². The van der Waals surface area contributed by atoms with Gasteiger partial charge in [-0.1, -0.05) is 85.5 Å². The minimum absolute atomic E-state index is 0. The van der Waals surface area contributed by atoms with Gasteiger partial charge in [0, 0.05) is 0 Å². The molecule has 0 aromatic heterocycles. The molecular formula is C34H30Cl2Zr-2. The summed E-state index contributed by atoms with van der Waals surface area (Å²) in [4.78, 5) is 0. The van der Waals surface area contributed by atoms with E-state index >= 15 is 0 Å². The van der Waals surface area contributed by atoms with Crippen LogP contribution in [0.25, 0.3) is 16.7 Å². The molecule has 0 saturated carbocycles. The molecule has 0 radical (unpaired) electrons. The quantitative estimate of drug-likeness (QED) is 0.273. The molecule has 0 N–H and O–H groups in total. The fourth-order valence-electron chi connectivity index (χ4n) is 4.43. The SMILES string of the molecule is CC1=[C-]C(C)C=C1c1ccccc1.Cc1ccc([CH]=[Zr+2])cc1.[Cl-].[Cl-].[c-]1cccc2c1Cc1ccccc1-2. The zero-order chi connectivity index (χ0) is 24.6. The predicted octanol–water partition coefficient (Wildman–Crippen LogP) is 2.23. The summed E-state index contributed by atoms with van der Waals surface area (Å²) >= 11 is 1.47. The van der Waals surface area contributed by atoms with Gasteiger partial charge in [-0.3, -0.25) is 6.08 Å². The van der Waals surface area contributed by atoms with E-state index in [9.17, 15) is 0 Å². The van der Waals surface area contributed by atoms with E-state index in [-0.39, 0.29) is 24.8 Å². The normalized spacial score (nSPS) is 14.0. The van der Waals surface area contributed by atoms with Gasteiger partial charge in [0.05, 0.1) is 0 Å². The smallest absolute Gasteiger partial charge is 0.0253 e. The fraction of sp³-hybridized carbons (Fsp3) is 0.147. The first kappa shape index (κ1) is 30.9. The molecule has 0 fully saturated rings. The van der Waals surface area contributed by atoms with E-state index in [4.69, 9.17) is 0 Å². The Morgan fingerprint density at radius 1 is 0.784 bits per heavy atom. The van der Waals surface area contributed by atoms with Gasteiger partial charge in [-0.2, -0.15) is 41.5 Å². The Balaban J connectivity index is 0.000000194. The van der Waals surface area contributed by atoms with E-state index in [1.54, 1.807) is 0 Å². The fourth-order valence-corrected chi connectivity index (χ4v) is 4.90. The molecule has 0 bridgehead atoms. The molecule has 0 spiro atoms. The largest absolute Gasteiger partial charge is 1.00 e. The molecular weight excluding hydrogens is 571 g/mol. The number of fused-ring (bicyclic) bond motifs is 3. The van der Waals surface area contributed by atoms with Gasteiger partial charge in [0.25, 0.3) is 0 Å². The molecule has 0 aliphatic heterocycles. The summed E-state index contributed by atoms with van der Waals surface area (Å²) in [6.45, 7) is 6.40. The van der Waals surface area contributed by atoms with Crippen LogP contribution in [0.4, 0.5) is 0 Å². The topological polar surface area (TPSA) is 0 Å². The van der Waals surface area contributed by atoms with Crippen LogP contribution in [0.1, 0.15) is 41.7 Å². The predicted molar refractivity (Wildman–Crippen MR) is 146 cm³/mol. The number of hydrogen-bond donors (Lipinski definition) is 0. The van der Waals surface area contributed by atoms with Crippen molar-refractivity contribution >= 4 is 9.28 Å². The van der Waals surface area contributed by atoms with E-state index < -0.39 is 0 Å². The van der Waals surface area contributed by atoms with Gasteiger partial charge < -0.3 is 24.8 Å². The molecule has 1 unspecified atom stereocenters. The van der Waals surface area contributed by atoms with Gasteiger partial charge in [0.15, 0.2) is 0 Å². The van der Waals surface area contributed by atoms with E-state index in [1.807, 2.05) is 12.1 Å². The number of allylic oxidation sites excluding steroid dienone is 4. The number of halogens is 2. The van der Waals surface area contributed by atoms with Gasteiger partial charge in [0.1, 0.15) is 0 Å². The van der Waals surface area contributed by atoms with E-state index in [1.165, 1.54) is 74.3 Å². The molecule has 0 saturated heterocycles. The standard InChI is InChI=1S/C13H9.C13H13.C8H8.2ClH.Zr/c1-3-7-12-10(5-1)9-11-6-2-4-8-13(11)12;1-10-8-11(2)13(9-10)12-6-4-3-5-7-12;1-7-3-5-8(2)6-4-7;;;/h1-5,7-8H,9H2;3-7,9-10H,1-2H3;1,3-6H,2H3;2*1H;/q2*-1;;;;+2/p-2. The van der Waals surface area contributed by atoms with Crippen molar-refractivity contribution in [2.24, 2.45) is 5.92 Å². The third-order valence-electron chi connectivity index (χ3n) is 6.21. The number of rotatable bonds is 2. The van der Waals surface area contributed by atoms with Crippen molar-refractivity contribution < 1.29 is 49.0 Å². The second-order valence-corrected chi connectivity index (χ2v) is 9.67. The summed E-state index contributed by atoms with van der Waals surface area (Å²) in [5, 5.41) is 0. The van der Waals surface area contributed by atoms with Crippen LogP contribution < -0.4 is 24.8 Å². The molecule has 6 rings (SSSR count). The van der Waals surface area contributed by atoms with Gasteiger partial charge in [-0.25, -0.2) is 5.57 Å². The molecule has 4 aromatic rings. The van der Waals surface area contributed by atoms with E-state index in [2.05, 4.69) is 128 Å². The maximum absolute atomic E-state index is 3.39. The first-order valence-corrected chi connectivity index (χ1v) is 13.5. The summed E-state index contributed by atoms with van der Waals surface area (Å²) in [5.74, 6) is 0.468. The van der Waals surface area contributed by atoms with Crippen molar-refractivity contribution in [3.63, 3.8) is 0 Å². The summed E-state index contributed by atoms with van der Waals surface area (Å²) in [5.41, 5.74) is 12.1. The van der Waals surface area contributed by atoms with Crippen LogP contribution >= 0.6 is 0 Å². The number of benzene rings is 4. The maximum Gasteiger partial charge on any atom is -0.0253 e. The summed E-state index contributed by atoms with van der Waals surface area (Å²) in [7, 11) is 0. The molecule has 1 atom stereocenters. The Morgan fingerprint density at radius 2 is 1.43 bits per heavy atom. The Hall–Kier alpha value is -2.31. The molecule has 4 aromatic carbocycles. The molecule has 0 nitrogen and oxygen atoms in total. The minimum atomic E-state index is 0. The van der Waals surface area contributed by atoms with Crippen LogP contribution in [0.3, 0.4) is 0 Å². The Bertz CT molecular complexity index is 1310. The average Bonchev–Trinajstić information content (AvgIpc) is 3.44. The van der Waals surface area contributed by atoms with Crippen LogP contribution in [0.2, 0.25) is 0 Å². The molecule has 2 aliphatic carbocycles. The minimum Gasteiger partial charge on any atom is -1.00 e. The number of hydrogen-bond acceptors (Lipinski definition) is 0. The van der Waals surface area contributed by atoms with Crippen molar-refractivity contribution in [3.05, 3.63) is 149 Å². The van der Waals surface area contributed by atoms with Crippen LogP contribution in [-0.2, 0) is 30.7 Å². The van der Waals surface area contributed by atoms with Gasteiger partial charge in [-0.15, -0.1) is 11.1 Å². The Morgan fingerprint density at radius 3 is 2.08 bits per heavy atom. The van der Waals surface area contributed by atoms with E-state index in [0.717, 1.165) is 6.42 Å². The third-order valence-corrected chi connectivity index (χ3v) is 7.03. The first-order valence-electron chi connectivity index (χ1n) is 12.1. The Labute approximate surface area is 249 Å². The summed E-state index contributed by atoms with van der Waals surface area (Å²) in [6, 6.07) is 37.2. The average molecular weight is 601 g/mol. The maximum atomic E-state index is 3.39. The van der Waals surface area contributed by atoms with Crippen molar-refractivity contribution in [1.29, 1.82) is 0 Å². The number of aryl methyl sites for hydroxylation is 1. The van der Waals surface area contributed by atoms with Crippen LogP contribution in [-0.4, -0.2) is 3.71 Å². The third kappa shape index (κ3) is 8.34. The molecule has 0 heterocycles. The van der Waals surface area contributed by atoms with Gasteiger partial charge in [-0.05, 0) is 6.42 Å². The van der Waals surface area contributed by atoms with Crippen molar-refractivity contribution in [1.82, 2.24) is 0 Å². The molecule has 186 valence electrons. The van der Waals surface area contributed by atoms with Crippen molar-refractivity contribution in [3.8, 4) is 11.1 Å². The van der Waals surface area contributed by atoms with Crippen molar-refractivity contribution in [2.75, 3.05) is 0 Å². The molecule has 37 heavy (non-hydrogen) atoms.